The van der Waals surface area contributed by atoms with Gasteiger partial charge >= 0.3 is 12.4 Å². The van der Waals surface area contributed by atoms with Gasteiger partial charge in [-0.15, -0.1) is 13.2 Å². The Balaban J connectivity index is 1.46. The van der Waals surface area contributed by atoms with Gasteiger partial charge in [0.15, 0.2) is 0 Å². The second kappa shape index (κ2) is 9.09. The van der Waals surface area contributed by atoms with Crippen LogP contribution in [0.1, 0.15) is 24.0 Å². The number of anilines is 1. The van der Waals surface area contributed by atoms with Gasteiger partial charge in [-0.25, -0.2) is 14.7 Å². The molecule has 2 aliphatic heterocycles. The van der Waals surface area contributed by atoms with Gasteiger partial charge in [-0.3, -0.25) is 4.79 Å². The molecule has 1 atom stereocenters. The maximum Gasteiger partial charge on any atom is 0.573 e. The quantitative estimate of drug-likeness (QED) is 0.314. The van der Waals surface area contributed by atoms with Crippen LogP contribution < -0.4 is 9.64 Å². The summed E-state index contributed by atoms with van der Waals surface area (Å²) in [5.41, 5.74) is 1.17. The number of alkyl halides is 3. The number of carbonyl (C=O) groups is 2. The van der Waals surface area contributed by atoms with Gasteiger partial charge in [-0.05, 0) is 66.9 Å². The first kappa shape index (κ1) is 24.6. The number of carbonyl (C=O) groups excluding carboxylic acids is 2. The zero-order valence-electron chi connectivity index (χ0n) is 19.1. The van der Waals surface area contributed by atoms with Crippen molar-refractivity contribution in [2.24, 2.45) is 0 Å². The summed E-state index contributed by atoms with van der Waals surface area (Å²) in [6.45, 7) is 0.420. The Morgan fingerprint density at radius 2 is 1.78 bits per heavy atom. The normalized spacial score (nSPS) is 19.2. The second-order valence-corrected chi connectivity index (χ2v) is 9.19. The van der Waals surface area contributed by atoms with Crippen molar-refractivity contribution in [1.82, 2.24) is 9.88 Å². The van der Waals surface area contributed by atoms with Crippen molar-refractivity contribution >= 4 is 29.2 Å². The largest absolute Gasteiger partial charge is 0.573 e. The molecule has 2 saturated heterocycles. The van der Waals surface area contributed by atoms with Crippen molar-refractivity contribution in [3.05, 3.63) is 76.9 Å². The molecule has 3 heterocycles. The molecule has 0 N–H and O–H groups in total. The summed E-state index contributed by atoms with van der Waals surface area (Å²) < 4.78 is 41.3. The minimum absolute atomic E-state index is 0.0110. The molecule has 1 aromatic heterocycles. The van der Waals surface area contributed by atoms with Crippen molar-refractivity contribution in [1.29, 1.82) is 5.26 Å². The van der Waals surface area contributed by atoms with E-state index in [9.17, 15) is 22.8 Å². The number of halogens is 4. The van der Waals surface area contributed by atoms with Crippen molar-refractivity contribution in [3.63, 3.8) is 0 Å². The molecule has 2 fully saturated rings. The van der Waals surface area contributed by atoms with E-state index in [1.165, 1.54) is 24.3 Å². The van der Waals surface area contributed by atoms with Gasteiger partial charge in [0.1, 0.15) is 16.4 Å². The third-order valence-corrected chi connectivity index (χ3v) is 6.71. The molecule has 0 aliphatic carbocycles. The minimum atomic E-state index is -4.82. The van der Waals surface area contributed by atoms with E-state index in [2.05, 4.69) is 15.8 Å². The van der Waals surface area contributed by atoms with E-state index in [1.807, 2.05) is 0 Å². The van der Waals surface area contributed by atoms with Crippen LogP contribution in [0, 0.1) is 11.3 Å². The zero-order valence-corrected chi connectivity index (χ0v) is 19.9. The van der Waals surface area contributed by atoms with Gasteiger partial charge in [0.2, 0.25) is 0 Å². The van der Waals surface area contributed by atoms with Crippen LogP contribution in [0.5, 0.6) is 5.75 Å². The maximum atomic E-state index is 13.8. The predicted octanol–water partition coefficient (Wildman–Crippen LogP) is 5.72. The average molecular weight is 527 g/mol. The smallest absolute Gasteiger partial charge is 0.406 e. The molecule has 37 heavy (non-hydrogen) atoms. The first-order valence-electron chi connectivity index (χ1n) is 11.3. The molecule has 2 aromatic carbocycles. The number of amides is 3. The number of fused-ring (bicyclic) bond motifs is 1. The van der Waals surface area contributed by atoms with E-state index in [-0.39, 0.29) is 22.4 Å². The number of ether oxygens (including phenoxy) is 1. The molecule has 2 aliphatic rings. The van der Waals surface area contributed by atoms with Crippen LogP contribution in [0.15, 0.2) is 60.7 Å². The number of hydrogen-bond acceptors (Lipinski definition) is 5. The van der Waals surface area contributed by atoms with Gasteiger partial charge in [0.25, 0.3) is 5.91 Å². The molecule has 7 nitrogen and oxygen atoms in total. The number of hydrogen-bond donors (Lipinski definition) is 0. The lowest BCUT2D eigenvalue weighted by Gasteiger charge is -2.28. The van der Waals surface area contributed by atoms with E-state index >= 15 is 0 Å². The van der Waals surface area contributed by atoms with Crippen LogP contribution >= 0.6 is 11.6 Å². The van der Waals surface area contributed by atoms with E-state index in [0.29, 0.717) is 36.9 Å². The third kappa shape index (κ3) is 4.58. The molecule has 0 radical (unpaired) electrons. The topological polar surface area (TPSA) is 86.5 Å². The lowest BCUT2D eigenvalue weighted by Crippen LogP contribution is -2.47. The Kier molecular flexibility index (Phi) is 6.04. The highest BCUT2D eigenvalue weighted by molar-refractivity contribution is 6.30. The molecule has 3 amide bonds. The number of pyridine rings is 1. The van der Waals surface area contributed by atoms with Gasteiger partial charge in [-0.1, -0.05) is 23.7 Å². The van der Waals surface area contributed by atoms with Gasteiger partial charge in [0.05, 0.1) is 23.0 Å². The fraction of sp³-hybridized carbons (Fsp3) is 0.231. The maximum absolute atomic E-state index is 13.8. The second-order valence-electron chi connectivity index (χ2n) is 8.80. The van der Waals surface area contributed by atoms with Crippen molar-refractivity contribution in [2.45, 2.75) is 31.2 Å². The summed E-state index contributed by atoms with van der Waals surface area (Å²) in [4.78, 5) is 34.1. The summed E-state index contributed by atoms with van der Waals surface area (Å²) in [6.07, 6.45) is -3.36. The monoisotopic (exact) mass is 526 g/mol. The highest BCUT2D eigenvalue weighted by atomic mass is 35.5. The molecule has 0 spiro atoms. The Labute approximate surface area is 214 Å². The van der Waals surface area contributed by atoms with Crippen molar-refractivity contribution in [2.75, 3.05) is 11.4 Å². The highest BCUT2D eigenvalue weighted by Crippen LogP contribution is 2.43. The number of benzene rings is 2. The summed E-state index contributed by atoms with van der Waals surface area (Å²) in [7, 11) is 0. The third-order valence-electron chi connectivity index (χ3n) is 6.51. The molecule has 0 saturated carbocycles. The van der Waals surface area contributed by atoms with Gasteiger partial charge in [0, 0.05) is 18.5 Å². The molecular formula is C26H18ClF3N4O3. The average Bonchev–Trinajstić information content (AvgIpc) is 3.36. The number of aromatic nitrogens is 1. The van der Waals surface area contributed by atoms with Gasteiger partial charge in [-0.2, -0.15) is 5.26 Å². The summed E-state index contributed by atoms with van der Waals surface area (Å²) >= 11 is 6.23. The number of nitrogens with zero attached hydrogens (tertiary/aromatic N) is 4. The van der Waals surface area contributed by atoms with Crippen LogP contribution in [-0.4, -0.2) is 40.3 Å². The Bertz CT molecular complexity index is 1420. The molecule has 11 heteroatoms. The summed E-state index contributed by atoms with van der Waals surface area (Å²) in [6, 6.07) is 16.4. The highest BCUT2D eigenvalue weighted by Gasteiger charge is 2.59. The fourth-order valence-electron chi connectivity index (χ4n) is 4.91. The Morgan fingerprint density at radius 3 is 2.43 bits per heavy atom. The molecule has 0 bridgehead atoms. The first-order chi connectivity index (χ1) is 17.6. The van der Waals surface area contributed by atoms with E-state index < -0.39 is 23.7 Å². The molecule has 1 unspecified atom stereocenters. The van der Waals surface area contributed by atoms with E-state index in [1.54, 1.807) is 29.2 Å². The first-order valence-corrected chi connectivity index (χ1v) is 11.7. The SMILES string of the molecule is N#Cc1ccc(CC23CCCN2C(=O)N(c2cc(Cl)nc(-c4ccc(OC(F)(F)F)cc4)c2)C3=O)cc1. The van der Waals surface area contributed by atoms with Crippen LogP contribution in [0.4, 0.5) is 23.7 Å². The number of rotatable bonds is 5. The lowest BCUT2D eigenvalue weighted by molar-refractivity contribution is -0.274. The standard InChI is InChI=1S/C26H18ClF3N4O3/c27-22-13-19(12-21(32-22)18-6-8-20(9-7-18)37-26(28,29)30)34-23(35)25(10-1-11-33(25)24(34)36)14-16-2-4-17(15-31)5-3-16/h2-9,12-13H,1,10-11,14H2. The van der Waals surface area contributed by atoms with Crippen LogP contribution in [0.3, 0.4) is 0 Å². The van der Waals surface area contributed by atoms with Gasteiger partial charge < -0.3 is 9.64 Å². The number of urea groups is 1. The van der Waals surface area contributed by atoms with Crippen molar-refractivity contribution < 1.29 is 27.5 Å². The summed E-state index contributed by atoms with van der Waals surface area (Å²) in [5, 5.41) is 9.06. The molecular weight excluding hydrogens is 509 g/mol. The molecule has 3 aromatic rings. The Morgan fingerprint density at radius 1 is 1.08 bits per heavy atom. The number of imide groups is 1. The van der Waals surface area contributed by atoms with Crippen LogP contribution in [0.25, 0.3) is 11.3 Å². The van der Waals surface area contributed by atoms with Crippen LogP contribution in [0.2, 0.25) is 5.15 Å². The summed E-state index contributed by atoms with van der Waals surface area (Å²) in [5.74, 6) is -0.782. The Hall–Kier alpha value is -4.10. The van der Waals surface area contributed by atoms with E-state index in [0.717, 1.165) is 22.6 Å². The molecule has 188 valence electrons. The van der Waals surface area contributed by atoms with Crippen molar-refractivity contribution in [3.8, 4) is 23.1 Å². The minimum Gasteiger partial charge on any atom is -0.406 e. The zero-order chi connectivity index (χ0) is 26.4. The van der Waals surface area contributed by atoms with E-state index in [4.69, 9.17) is 16.9 Å². The lowest BCUT2D eigenvalue weighted by atomic mass is 9.87. The predicted molar refractivity (Wildman–Crippen MR) is 128 cm³/mol. The van der Waals surface area contributed by atoms with Crippen LogP contribution in [-0.2, 0) is 11.2 Å². The fourth-order valence-corrected chi connectivity index (χ4v) is 5.11. The molecule has 5 rings (SSSR count). The number of nitriles is 1.